The van der Waals surface area contributed by atoms with Gasteiger partial charge in [0.1, 0.15) is 22.5 Å². The second kappa shape index (κ2) is 8.94. The summed E-state index contributed by atoms with van der Waals surface area (Å²) >= 11 is 0. The van der Waals surface area contributed by atoms with E-state index in [0.29, 0.717) is 39.7 Å². The van der Waals surface area contributed by atoms with Gasteiger partial charge >= 0.3 is 0 Å². The van der Waals surface area contributed by atoms with Crippen molar-refractivity contribution >= 4 is 27.8 Å². The van der Waals surface area contributed by atoms with Crippen LogP contribution in [0.4, 0.5) is 10.1 Å². The number of H-pyrrole nitrogens is 2. The van der Waals surface area contributed by atoms with Crippen LogP contribution in [-0.2, 0) is 0 Å². The molecule has 0 atom stereocenters. The largest absolute Gasteiger partial charge is 0.358 e. The van der Waals surface area contributed by atoms with Gasteiger partial charge in [0.15, 0.2) is 11.5 Å². The van der Waals surface area contributed by atoms with E-state index in [1.165, 1.54) is 6.07 Å². The number of aromatic nitrogens is 7. The number of aromatic amines is 2. The molecule has 182 valence electrons. The van der Waals surface area contributed by atoms with E-state index in [-0.39, 0.29) is 5.82 Å². The highest BCUT2D eigenvalue weighted by molar-refractivity contribution is 5.95. The third kappa shape index (κ3) is 4.10. The Labute approximate surface area is 211 Å². The van der Waals surface area contributed by atoms with Crippen molar-refractivity contribution in [1.82, 2.24) is 35.1 Å². The Bertz CT molecular complexity index is 1780. The molecule has 0 bridgehead atoms. The van der Waals surface area contributed by atoms with Crippen molar-refractivity contribution in [3.8, 4) is 34.0 Å². The lowest BCUT2D eigenvalue weighted by atomic mass is 10.1. The highest BCUT2D eigenvalue weighted by Crippen LogP contribution is 2.32. The summed E-state index contributed by atoms with van der Waals surface area (Å²) in [6, 6.07) is 14.2. The molecule has 0 fully saturated rings. The first-order valence-electron chi connectivity index (χ1n) is 11.8. The molecule has 0 aliphatic heterocycles. The molecule has 6 aromatic rings. The summed E-state index contributed by atoms with van der Waals surface area (Å²) in [6.45, 7) is 8.24. The zero-order chi connectivity index (χ0) is 25.5. The first-order chi connectivity index (χ1) is 18.0. The number of nitrogens with one attached hydrogen (secondary N) is 3. The number of hydrogen-bond donors (Lipinski definition) is 3. The van der Waals surface area contributed by atoms with Gasteiger partial charge in [-0.1, -0.05) is 32.6 Å². The maximum Gasteiger partial charge on any atom is 0.161 e. The molecule has 0 saturated heterocycles. The standard InChI is InChI=1S/C28H23FN8/c1-15(2)16(3)32-18-12-17(13-30-14-18)21-8-9-23-26(33-21)27(37-36-23)28-34-22-10-11-31-24(25(22)35-28)19-6-4-5-7-20(19)29/h4-15,32H,3H2,1-2H3,(H,34,35)(H,36,37). The van der Waals surface area contributed by atoms with Gasteiger partial charge in [0.05, 0.1) is 28.6 Å². The molecule has 6 rings (SSSR count). The summed E-state index contributed by atoms with van der Waals surface area (Å²) in [6.07, 6.45) is 5.16. The van der Waals surface area contributed by atoms with Crippen LogP contribution in [0.5, 0.6) is 0 Å². The summed E-state index contributed by atoms with van der Waals surface area (Å²) in [5.74, 6) is 0.452. The Morgan fingerprint density at radius 3 is 2.65 bits per heavy atom. The number of nitrogens with zero attached hydrogens (tertiary/aromatic N) is 5. The minimum Gasteiger partial charge on any atom is -0.358 e. The van der Waals surface area contributed by atoms with Crippen LogP contribution in [0, 0.1) is 11.7 Å². The molecule has 0 amide bonds. The molecule has 0 spiro atoms. The summed E-state index contributed by atoms with van der Waals surface area (Å²) in [5.41, 5.74) is 7.46. The zero-order valence-electron chi connectivity index (χ0n) is 20.2. The minimum absolute atomic E-state index is 0.296. The lowest BCUT2D eigenvalue weighted by molar-refractivity contribution is 0.631. The number of fused-ring (bicyclic) bond motifs is 2. The molecule has 8 nitrogen and oxygen atoms in total. The number of benzene rings is 1. The molecule has 0 aliphatic carbocycles. The van der Waals surface area contributed by atoms with Crippen molar-refractivity contribution in [2.24, 2.45) is 5.92 Å². The van der Waals surface area contributed by atoms with Crippen LogP contribution in [0.15, 0.2) is 79.4 Å². The van der Waals surface area contributed by atoms with E-state index < -0.39 is 0 Å². The number of anilines is 1. The molecular formula is C28H23FN8. The van der Waals surface area contributed by atoms with E-state index >= 15 is 0 Å². The average molecular weight is 491 g/mol. The molecule has 1 aromatic carbocycles. The van der Waals surface area contributed by atoms with E-state index in [0.717, 1.165) is 33.7 Å². The summed E-state index contributed by atoms with van der Waals surface area (Å²) in [7, 11) is 0. The fraction of sp³-hybridized carbons (Fsp3) is 0.107. The Balaban J connectivity index is 1.42. The number of halogens is 1. The summed E-state index contributed by atoms with van der Waals surface area (Å²) < 4.78 is 14.5. The summed E-state index contributed by atoms with van der Waals surface area (Å²) in [5, 5.41) is 10.8. The number of pyridine rings is 3. The lowest BCUT2D eigenvalue weighted by Gasteiger charge is -2.13. The maximum absolute atomic E-state index is 14.5. The third-order valence-electron chi connectivity index (χ3n) is 6.20. The molecule has 5 heterocycles. The van der Waals surface area contributed by atoms with Crippen molar-refractivity contribution in [3.05, 3.63) is 85.2 Å². The van der Waals surface area contributed by atoms with Gasteiger partial charge in [0, 0.05) is 29.2 Å². The second-order valence-electron chi connectivity index (χ2n) is 9.05. The van der Waals surface area contributed by atoms with Crippen LogP contribution >= 0.6 is 0 Å². The van der Waals surface area contributed by atoms with Crippen LogP contribution in [0.2, 0.25) is 0 Å². The molecule has 0 aliphatic rings. The first-order valence-corrected chi connectivity index (χ1v) is 11.8. The van der Waals surface area contributed by atoms with Crippen LogP contribution < -0.4 is 5.32 Å². The Hall–Kier alpha value is -4.92. The van der Waals surface area contributed by atoms with E-state index in [4.69, 9.17) is 9.97 Å². The summed E-state index contributed by atoms with van der Waals surface area (Å²) in [4.78, 5) is 21.7. The number of imidazole rings is 1. The highest BCUT2D eigenvalue weighted by atomic mass is 19.1. The smallest absolute Gasteiger partial charge is 0.161 e. The Morgan fingerprint density at radius 2 is 1.81 bits per heavy atom. The van der Waals surface area contributed by atoms with Crippen molar-refractivity contribution in [1.29, 1.82) is 0 Å². The molecule has 9 heteroatoms. The number of allylic oxidation sites excluding steroid dienone is 1. The average Bonchev–Trinajstić information content (AvgIpc) is 3.53. The second-order valence-corrected chi connectivity index (χ2v) is 9.05. The fourth-order valence-electron chi connectivity index (χ4n) is 4.10. The van der Waals surface area contributed by atoms with E-state index in [9.17, 15) is 4.39 Å². The van der Waals surface area contributed by atoms with Crippen molar-refractivity contribution in [3.63, 3.8) is 0 Å². The van der Waals surface area contributed by atoms with Gasteiger partial charge in [-0.3, -0.25) is 15.1 Å². The predicted octanol–water partition coefficient (Wildman–Crippen LogP) is 6.35. The number of hydrogen-bond acceptors (Lipinski definition) is 6. The van der Waals surface area contributed by atoms with Gasteiger partial charge in [-0.25, -0.2) is 14.4 Å². The minimum atomic E-state index is -0.356. The van der Waals surface area contributed by atoms with Crippen LogP contribution in [0.3, 0.4) is 0 Å². The van der Waals surface area contributed by atoms with Gasteiger partial charge in [0.25, 0.3) is 0 Å². The van der Waals surface area contributed by atoms with Crippen molar-refractivity contribution in [2.75, 3.05) is 5.32 Å². The van der Waals surface area contributed by atoms with Crippen molar-refractivity contribution in [2.45, 2.75) is 13.8 Å². The van der Waals surface area contributed by atoms with Gasteiger partial charge in [-0.2, -0.15) is 5.10 Å². The first kappa shape index (κ1) is 22.5. The SMILES string of the molecule is C=C(Nc1cncc(-c2ccc3[nH]nc(-c4nc5c(-c6ccccc6F)nccc5[nH]4)c3n2)c1)C(C)C. The number of rotatable bonds is 6. The highest BCUT2D eigenvalue weighted by Gasteiger charge is 2.18. The zero-order valence-corrected chi connectivity index (χ0v) is 20.2. The van der Waals surface area contributed by atoms with Gasteiger partial charge in [-0.15, -0.1) is 0 Å². The monoisotopic (exact) mass is 490 g/mol. The molecular weight excluding hydrogens is 467 g/mol. The lowest BCUT2D eigenvalue weighted by Crippen LogP contribution is -2.04. The quantitative estimate of drug-likeness (QED) is 0.251. The van der Waals surface area contributed by atoms with Crippen LogP contribution in [0.1, 0.15) is 13.8 Å². The van der Waals surface area contributed by atoms with Crippen LogP contribution in [-0.4, -0.2) is 35.1 Å². The topological polar surface area (TPSA) is 108 Å². The van der Waals surface area contributed by atoms with Gasteiger partial charge < -0.3 is 10.3 Å². The Kier molecular flexibility index (Phi) is 5.45. The third-order valence-corrected chi connectivity index (χ3v) is 6.20. The molecule has 0 radical (unpaired) electrons. The molecule has 0 unspecified atom stereocenters. The normalized spacial score (nSPS) is 11.5. The van der Waals surface area contributed by atoms with Gasteiger partial charge in [-0.05, 0) is 42.3 Å². The Morgan fingerprint density at radius 1 is 0.973 bits per heavy atom. The van der Waals surface area contributed by atoms with E-state index in [1.807, 2.05) is 18.2 Å². The predicted molar refractivity (Wildman–Crippen MR) is 143 cm³/mol. The van der Waals surface area contributed by atoms with E-state index in [1.54, 1.807) is 42.9 Å². The van der Waals surface area contributed by atoms with Gasteiger partial charge in [0.2, 0.25) is 0 Å². The molecule has 5 aromatic heterocycles. The molecule has 37 heavy (non-hydrogen) atoms. The molecule has 3 N–H and O–H groups in total. The van der Waals surface area contributed by atoms with Crippen LogP contribution in [0.25, 0.3) is 56.1 Å². The maximum atomic E-state index is 14.5. The van der Waals surface area contributed by atoms with Crippen molar-refractivity contribution < 1.29 is 4.39 Å². The molecule has 0 saturated carbocycles. The van der Waals surface area contributed by atoms with E-state index in [2.05, 4.69) is 50.9 Å². The fourth-order valence-corrected chi connectivity index (χ4v) is 4.10.